The topological polar surface area (TPSA) is 70.7 Å². The van der Waals surface area contributed by atoms with Crippen molar-refractivity contribution in [2.24, 2.45) is 0 Å². The maximum atomic E-state index is 12.1. The van der Waals surface area contributed by atoms with Gasteiger partial charge in [0.25, 0.3) is 5.91 Å². The first-order chi connectivity index (χ1) is 9.60. The van der Waals surface area contributed by atoms with Crippen LogP contribution >= 0.6 is 11.8 Å². The van der Waals surface area contributed by atoms with E-state index in [1.165, 1.54) is 17.3 Å². The van der Waals surface area contributed by atoms with Crippen molar-refractivity contribution in [3.05, 3.63) is 35.4 Å². The summed E-state index contributed by atoms with van der Waals surface area (Å²) in [6.07, 6.45) is 0. The second-order valence-electron chi connectivity index (χ2n) is 4.63. The molecule has 0 aliphatic carbocycles. The molecule has 0 fully saturated rings. The predicted octanol–water partition coefficient (Wildman–Crippen LogP) is 3.29. The van der Waals surface area contributed by atoms with Crippen LogP contribution in [-0.2, 0) is 0 Å². The Hall–Kier alpha value is -1.82. The number of carbonyl (C=O) groups excluding carboxylic acids is 1. The molecule has 0 saturated heterocycles. The van der Waals surface area contributed by atoms with E-state index in [-0.39, 0.29) is 5.91 Å². The van der Waals surface area contributed by atoms with E-state index >= 15 is 0 Å². The van der Waals surface area contributed by atoms with Gasteiger partial charge in [-0.05, 0) is 29.4 Å². The van der Waals surface area contributed by atoms with Crippen molar-refractivity contribution in [2.45, 2.75) is 31.8 Å². The van der Waals surface area contributed by atoms with Crippen LogP contribution in [0.15, 0.2) is 29.4 Å². The summed E-state index contributed by atoms with van der Waals surface area (Å²) in [6.45, 7) is 6.27. The third kappa shape index (κ3) is 3.60. The van der Waals surface area contributed by atoms with Crippen molar-refractivity contribution in [2.75, 3.05) is 11.1 Å². The number of nitrogens with one attached hydrogen (secondary N) is 2. The molecular weight excluding hydrogens is 272 g/mol. The third-order valence-electron chi connectivity index (χ3n) is 2.81. The Morgan fingerprint density at radius 3 is 2.65 bits per heavy atom. The van der Waals surface area contributed by atoms with Crippen LogP contribution in [0.2, 0.25) is 0 Å². The minimum absolute atomic E-state index is 0.190. The van der Waals surface area contributed by atoms with Gasteiger partial charge in [0.2, 0.25) is 11.1 Å². The largest absolute Gasteiger partial charge is 0.291 e. The molecule has 0 spiro atoms. The van der Waals surface area contributed by atoms with Gasteiger partial charge >= 0.3 is 0 Å². The van der Waals surface area contributed by atoms with Crippen LogP contribution in [0.5, 0.6) is 0 Å². The number of aromatic nitrogens is 3. The molecule has 0 atom stereocenters. The van der Waals surface area contributed by atoms with E-state index < -0.39 is 0 Å². The van der Waals surface area contributed by atoms with E-state index in [1.54, 1.807) is 0 Å². The van der Waals surface area contributed by atoms with Gasteiger partial charge in [0.05, 0.1) is 0 Å². The van der Waals surface area contributed by atoms with Gasteiger partial charge in [0.15, 0.2) is 0 Å². The van der Waals surface area contributed by atoms with Crippen LogP contribution in [0, 0.1) is 0 Å². The number of nitrogens with zero attached hydrogens (tertiary/aromatic N) is 2. The number of anilines is 1. The molecule has 1 heterocycles. The zero-order valence-corrected chi connectivity index (χ0v) is 12.6. The number of aromatic amines is 1. The van der Waals surface area contributed by atoms with Gasteiger partial charge in [-0.3, -0.25) is 10.1 Å². The minimum Gasteiger partial charge on any atom is -0.291 e. The van der Waals surface area contributed by atoms with Gasteiger partial charge < -0.3 is 0 Å². The highest BCUT2D eigenvalue weighted by Gasteiger charge is 2.10. The molecule has 0 radical (unpaired) electrons. The Labute approximate surface area is 122 Å². The normalized spacial score (nSPS) is 10.8. The van der Waals surface area contributed by atoms with Crippen LogP contribution in [0.1, 0.15) is 42.6 Å². The number of amides is 1. The monoisotopic (exact) mass is 290 g/mol. The smallest absolute Gasteiger partial charge is 0.258 e. The Morgan fingerprint density at radius 2 is 2.05 bits per heavy atom. The first-order valence-corrected chi connectivity index (χ1v) is 7.55. The molecule has 0 unspecified atom stereocenters. The molecule has 2 rings (SSSR count). The zero-order chi connectivity index (χ0) is 14.5. The molecule has 1 amide bonds. The van der Waals surface area contributed by atoms with Crippen molar-refractivity contribution in [3.63, 3.8) is 0 Å². The summed E-state index contributed by atoms with van der Waals surface area (Å²) < 4.78 is 0. The summed E-state index contributed by atoms with van der Waals surface area (Å²) in [4.78, 5) is 16.2. The predicted molar refractivity (Wildman–Crippen MR) is 81.3 cm³/mol. The van der Waals surface area contributed by atoms with Gasteiger partial charge in [-0.25, -0.2) is 5.10 Å². The standard InChI is InChI=1S/C14H18N4OS/c1-4-20-14-16-13(17-18-14)15-12(19)11-7-5-10(6-8-11)9(2)3/h5-9H,4H2,1-3H3,(H2,15,16,17,18,19). The number of carbonyl (C=O) groups is 1. The summed E-state index contributed by atoms with van der Waals surface area (Å²) in [6, 6.07) is 7.59. The van der Waals surface area contributed by atoms with Crippen LogP contribution < -0.4 is 5.32 Å². The lowest BCUT2D eigenvalue weighted by Crippen LogP contribution is -2.13. The van der Waals surface area contributed by atoms with Crippen molar-refractivity contribution in [3.8, 4) is 0 Å². The van der Waals surface area contributed by atoms with E-state index in [1.807, 2.05) is 31.2 Å². The Kier molecular flexibility index (Phi) is 4.79. The summed E-state index contributed by atoms with van der Waals surface area (Å²) in [5.74, 6) is 1.53. The molecule has 6 heteroatoms. The second kappa shape index (κ2) is 6.56. The lowest BCUT2D eigenvalue weighted by atomic mass is 10.0. The first kappa shape index (κ1) is 14.6. The van der Waals surface area contributed by atoms with E-state index in [0.717, 1.165) is 5.75 Å². The number of benzene rings is 1. The highest BCUT2D eigenvalue weighted by Crippen LogP contribution is 2.16. The number of thioether (sulfide) groups is 1. The van der Waals surface area contributed by atoms with E-state index in [2.05, 4.69) is 34.3 Å². The Balaban J connectivity index is 2.03. The summed E-state index contributed by atoms with van der Waals surface area (Å²) in [5.41, 5.74) is 1.82. The zero-order valence-electron chi connectivity index (χ0n) is 11.8. The van der Waals surface area contributed by atoms with Crippen LogP contribution in [0.4, 0.5) is 5.95 Å². The fourth-order valence-electron chi connectivity index (χ4n) is 1.70. The molecule has 2 N–H and O–H groups in total. The summed E-state index contributed by atoms with van der Waals surface area (Å²) in [5, 5.41) is 10.1. The Morgan fingerprint density at radius 1 is 1.35 bits per heavy atom. The average molecular weight is 290 g/mol. The molecule has 0 aliphatic heterocycles. The van der Waals surface area contributed by atoms with Gasteiger partial charge in [-0.15, -0.1) is 5.10 Å². The van der Waals surface area contributed by atoms with Gasteiger partial charge in [0.1, 0.15) is 0 Å². The Bertz CT molecular complexity index is 577. The minimum atomic E-state index is -0.190. The van der Waals surface area contributed by atoms with E-state index in [4.69, 9.17) is 0 Å². The molecule has 5 nitrogen and oxygen atoms in total. The fourth-order valence-corrected chi connectivity index (χ4v) is 2.22. The van der Waals surface area contributed by atoms with E-state index in [0.29, 0.717) is 22.6 Å². The molecular formula is C14H18N4OS. The highest BCUT2D eigenvalue weighted by atomic mass is 32.2. The lowest BCUT2D eigenvalue weighted by molar-refractivity contribution is 0.102. The third-order valence-corrected chi connectivity index (χ3v) is 3.54. The number of hydrogen-bond acceptors (Lipinski definition) is 4. The van der Waals surface area contributed by atoms with Crippen LogP contribution in [0.3, 0.4) is 0 Å². The average Bonchev–Trinajstić information content (AvgIpc) is 2.86. The van der Waals surface area contributed by atoms with Gasteiger partial charge in [-0.1, -0.05) is 44.7 Å². The molecule has 0 saturated carbocycles. The highest BCUT2D eigenvalue weighted by molar-refractivity contribution is 7.99. The first-order valence-electron chi connectivity index (χ1n) is 6.56. The molecule has 1 aromatic heterocycles. The van der Waals surface area contributed by atoms with Crippen molar-refractivity contribution in [1.82, 2.24) is 15.2 Å². The molecule has 0 aliphatic rings. The maximum absolute atomic E-state index is 12.1. The summed E-state index contributed by atoms with van der Waals surface area (Å²) in [7, 11) is 0. The number of hydrogen-bond donors (Lipinski definition) is 2. The maximum Gasteiger partial charge on any atom is 0.258 e. The van der Waals surface area contributed by atoms with Crippen molar-refractivity contribution >= 4 is 23.6 Å². The number of H-pyrrole nitrogens is 1. The molecule has 20 heavy (non-hydrogen) atoms. The van der Waals surface area contributed by atoms with E-state index in [9.17, 15) is 4.79 Å². The van der Waals surface area contributed by atoms with Crippen molar-refractivity contribution < 1.29 is 4.79 Å². The van der Waals surface area contributed by atoms with Crippen LogP contribution in [0.25, 0.3) is 0 Å². The quantitative estimate of drug-likeness (QED) is 0.829. The van der Waals surface area contributed by atoms with Gasteiger partial charge in [-0.2, -0.15) is 4.98 Å². The fraction of sp³-hybridized carbons (Fsp3) is 0.357. The second-order valence-corrected chi connectivity index (χ2v) is 5.86. The van der Waals surface area contributed by atoms with Gasteiger partial charge in [0, 0.05) is 5.56 Å². The molecule has 1 aromatic carbocycles. The van der Waals surface area contributed by atoms with Crippen molar-refractivity contribution in [1.29, 1.82) is 0 Å². The summed E-state index contributed by atoms with van der Waals surface area (Å²) >= 11 is 1.52. The molecule has 0 bridgehead atoms. The number of rotatable bonds is 5. The molecule has 2 aromatic rings. The SMILES string of the molecule is CCSc1n[nH]c(NC(=O)c2ccc(C(C)C)cc2)n1. The van der Waals surface area contributed by atoms with Crippen LogP contribution in [-0.4, -0.2) is 26.8 Å². The lowest BCUT2D eigenvalue weighted by Gasteiger charge is -2.06. The molecule has 106 valence electrons.